The Labute approximate surface area is 245 Å². The zero-order valence-electron chi connectivity index (χ0n) is 25.6. The van der Waals surface area contributed by atoms with Crippen molar-refractivity contribution in [1.29, 1.82) is 0 Å². The number of thiol groups is 1. The number of esters is 1. The minimum atomic E-state index is -1.03. The molecule has 1 aromatic carbocycles. The third kappa shape index (κ3) is 11.8. The molecule has 40 heavy (non-hydrogen) atoms. The second-order valence-electron chi connectivity index (χ2n) is 11.5. The van der Waals surface area contributed by atoms with Crippen molar-refractivity contribution >= 4 is 36.5 Å². The summed E-state index contributed by atoms with van der Waals surface area (Å²) in [5.74, 6) is -0.887. The molecule has 0 aliphatic heterocycles. The number of amides is 3. The number of nitrogens with zero attached hydrogens (tertiary/aromatic N) is 1. The van der Waals surface area contributed by atoms with E-state index in [1.54, 1.807) is 32.6 Å². The molecule has 0 saturated carbocycles. The minimum absolute atomic E-state index is 0.00946. The van der Waals surface area contributed by atoms with E-state index in [1.807, 2.05) is 39.0 Å². The van der Waals surface area contributed by atoms with Crippen LogP contribution in [0.1, 0.15) is 90.5 Å². The van der Waals surface area contributed by atoms with Gasteiger partial charge in [0.1, 0.15) is 17.7 Å². The first-order valence-electron chi connectivity index (χ1n) is 14.0. The second-order valence-corrected chi connectivity index (χ2v) is 11.9. The fourth-order valence-corrected chi connectivity index (χ4v) is 4.37. The molecule has 0 aromatic heterocycles. The van der Waals surface area contributed by atoms with Crippen molar-refractivity contribution < 1.29 is 28.7 Å². The number of benzene rings is 1. The standard InChI is InChI=1S/C30H49N3O6S/c1-10-38-25(34)15-16-31-27(35)26(23-14-12-20(4)21(5)17-23)33(22(6)13-11-19(2)3)28(36)24(18-40)32-29(37)39-30(7,8)9/h12,14,17,19,22,24,26,40H,10-11,13,15-16,18H2,1-9H3,(H,31,35)(H,32,37). The van der Waals surface area contributed by atoms with Crippen LogP contribution in [0.4, 0.5) is 4.79 Å². The van der Waals surface area contributed by atoms with Crippen molar-refractivity contribution in [2.75, 3.05) is 18.9 Å². The van der Waals surface area contributed by atoms with Crippen LogP contribution in [0.3, 0.4) is 0 Å². The molecule has 0 spiro atoms. The number of hydrogen-bond acceptors (Lipinski definition) is 7. The highest BCUT2D eigenvalue weighted by atomic mass is 32.1. The van der Waals surface area contributed by atoms with Gasteiger partial charge in [-0.2, -0.15) is 12.6 Å². The molecule has 0 radical (unpaired) electrons. The van der Waals surface area contributed by atoms with Gasteiger partial charge in [0.2, 0.25) is 11.8 Å². The number of nitrogens with one attached hydrogen (secondary N) is 2. The van der Waals surface area contributed by atoms with Crippen LogP contribution < -0.4 is 10.6 Å². The zero-order valence-corrected chi connectivity index (χ0v) is 26.5. The van der Waals surface area contributed by atoms with Crippen molar-refractivity contribution in [2.24, 2.45) is 5.92 Å². The number of carbonyl (C=O) groups excluding carboxylic acids is 4. The van der Waals surface area contributed by atoms with Crippen LogP contribution in [0.15, 0.2) is 18.2 Å². The molecule has 1 rings (SSSR count). The SMILES string of the molecule is CCOC(=O)CCNC(=O)C(c1ccc(C)c(C)c1)N(C(=O)C(CS)NC(=O)OC(C)(C)C)C(C)CCC(C)C. The van der Waals surface area contributed by atoms with Crippen LogP contribution in [0.5, 0.6) is 0 Å². The van der Waals surface area contributed by atoms with Crippen molar-refractivity contribution in [1.82, 2.24) is 15.5 Å². The van der Waals surface area contributed by atoms with E-state index in [0.717, 1.165) is 17.5 Å². The Balaban J connectivity index is 3.52. The Morgan fingerprint density at radius 1 is 1.02 bits per heavy atom. The van der Waals surface area contributed by atoms with Gasteiger partial charge >= 0.3 is 12.1 Å². The fraction of sp³-hybridized carbons (Fsp3) is 0.667. The highest BCUT2D eigenvalue weighted by molar-refractivity contribution is 7.80. The Hall–Kier alpha value is -2.75. The Kier molecular flexibility index (Phi) is 14.6. The number of carbonyl (C=O) groups is 4. The molecular formula is C30H49N3O6S. The average Bonchev–Trinajstić information content (AvgIpc) is 2.84. The zero-order chi connectivity index (χ0) is 30.6. The summed E-state index contributed by atoms with van der Waals surface area (Å²) in [6.07, 6.45) is 0.749. The maximum atomic E-state index is 14.2. The van der Waals surface area contributed by atoms with Gasteiger partial charge in [-0.25, -0.2) is 4.79 Å². The molecule has 226 valence electrons. The molecule has 9 nitrogen and oxygen atoms in total. The van der Waals surface area contributed by atoms with Crippen LogP contribution in [0, 0.1) is 19.8 Å². The van der Waals surface area contributed by atoms with Gasteiger partial charge in [-0.15, -0.1) is 0 Å². The van der Waals surface area contributed by atoms with E-state index in [4.69, 9.17) is 9.47 Å². The predicted octanol–water partition coefficient (Wildman–Crippen LogP) is 4.89. The molecule has 0 heterocycles. The summed E-state index contributed by atoms with van der Waals surface area (Å²) in [6, 6.07) is 3.28. The summed E-state index contributed by atoms with van der Waals surface area (Å²) in [7, 11) is 0. The van der Waals surface area contributed by atoms with Gasteiger partial charge in [-0.1, -0.05) is 32.0 Å². The molecule has 0 aliphatic rings. The highest BCUT2D eigenvalue weighted by Crippen LogP contribution is 2.29. The van der Waals surface area contributed by atoms with Gasteiger partial charge in [0.15, 0.2) is 0 Å². The van der Waals surface area contributed by atoms with Crippen molar-refractivity contribution in [3.05, 3.63) is 34.9 Å². The minimum Gasteiger partial charge on any atom is -0.466 e. The first-order valence-corrected chi connectivity index (χ1v) is 14.7. The predicted molar refractivity (Wildman–Crippen MR) is 160 cm³/mol. The summed E-state index contributed by atoms with van der Waals surface area (Å²) in [5, 5.41) is 5.46. The van der Waals surface area contributed by atoms with Crippen LogP contribution in [-0.2, 0) is 23.9 Å². The topological polar surface area (TPSA) is 114 Å². The lowest BCUT2D eigenvalue weighted by Gasteiger charge is -2.38. The van der Waals surface area contributed by atoms with E-state index in [-0.39, 0.29) is 31.4 Å². The van der Waals surface area contributed by atoms with E-state index in [0.29, 0.717) is 17.9 Å². The first kappa shape index (κ1) is 35.3. The largest absolute Gasteiger partial charge is 0.466 e. The summed E-state index contributed by atoms with van der Waals surface area (Å²) >= 11 is 4.36. The lowest BCUT2D eigenvalue weighted by atomic mass is 9.95. The summed E-state index contributed by atoms with van der Waals surface area (Å²) in [6.45, 7) is 17.3. The third-order valence-electron chi connectivity index (χ3n) is 6.37. The Morgan fingerprint density at radius 2 is 1.68 bits per heavy atom. The quantitative estimate of drug-likeness (QED) is 0.214. The van der Waals surface area contributed by atoms with Crippen molar-refractivity contribution in [3.63, 3.8) is 0 Å². The van der Waals surface area contributed by atoms with Gasteiger partial charge in [0.05, 0.1) is 13.0 Å². The van der Waals surface area contributed by atoms with E-state index >= 15 is 0 Å². The van der Waals surface area contributed by atoms with E-state index in [2.05, 4.69) is 37.1 Å². The molecule has 0 saturated heterocycles. The highest BCUT2D eigenvalue weighted by Gasteiger charge is 2.38. The molecule has 3 unspecified atom stereocenters. The second kappa shape index (κ2) is 16.5. The molecule has 0 fully saturated rings. The average molecular weight is 580 g/mol. The van der Waals surface area contributed by atoms with Gasteiger partial charge in [0.25, 0.3) is 0 Å². The number of hydrogen-bond donors (Lipinski definition) is 3. The van der Waals surface area contributed by atoms with Crippen LogP contribution in [0.25, 0.3) is 0 Å². The molecule has 2 N–H and O–H groups in total. The van der Waals surface area contributed by atoms with Gasteiger partial charge in [-0.3, -0.25) is 14.4 Å². The molecule has 10 heteroatoms. The lowest BCUT2D eigenvalue weighted by Crippen LogP contribution is -2.56. The number of ether oxygens (including phenoxy) is 2. The van der Waals surface area contributed by atoms with E-state index < -0.39 is 41.6 Å². The molecule has 0 bridgehead atoms. The van der Waals surface area contributed by atoms with Gasteiger partial charge in [-0.05, 0) is 83.9 Å². The third-order valence-corrected chi connectivity index (χ3v) is 6.73. The normalized spacial score (nSPS) is 13.7. The van der Waals surface area contributed by atoms with Crippen molar-refractivity contribution in [2.45, 2.75) is 105 Å². The Bertz CT molecular complexity index is 1010. The molecule has 3 atom stereocenters. The van der Waals surface area contributed by atoms with Gasteiger partial charge < -0.3 is 25.0 Å². The number of alkyl carbamates (subject to hydrolysis) is 1. The smallest absolute Gasteiger partial charge is 0.408 e. The summed E-state index contributed by atoms with van der Waals surface area (Å²) < 4.78 is 10.4. The van der Waals surface area contributed by atoms with Gasteiger partial charge in [0, 0.05) is 18.3 Å². The maximum absolute atomic E-state index is 14.2. The van der Waals surface area contributed by atoms with E-state index in [9.17, 15) is 19.2 Å². The molecule has 3 amide bonds. The number of rotatable bonds is 14. The Morgan fingerprint density at radius 3 is 2.20 bits per heavy atom. The first-order chi connectivity index (χ1) is 18.6. The lowest BCUT2D eigenvalue weighted by molar-refractivity contribution is -0.145. The number of aryl methyl sites for hydroxylation is 2. The van der Waals surface area contributed by atoms with Crippen LogP contribution in [0.2, 0.25) is 0 Å². The van der Waals surface area contributed by atoms with Crippen molar-refractivity contribution in [3.8, 4) is 0 Å². The fourth-order valence-electron chi connectivity index (χ4n) is 4.12. The van der Waals surface area contributed by atoms with E-state index in [1.165, 1.54) is 0 Å². The monoisotopic (exact) mass is 579 g/mol. The summed E-state index contributed by atoms with van der Waals surface area (Å²) in [4.78, 5) is 54.0. The maximum Gasteiger partial charge on any atom is 0.408 e. The summed E-state index contributed by atoms with van der Waals surface area (Å²) in [5.41, 5.74) is 1.91. The van der Waals surface area contributed by atoms with Crippen LogP contribution in [-0.4, -0.2) is 65.4 Å². The molecule has 0 aliphatic carbocycles. The molecular weight excluding hydrogens is 530 g/mol. The van der Waals surface area contributed by atoms with Crippen LogP contribution >= 0.6 is 12.6 Å². The molecule has 1 aromatic rings.